The fourth-order valence-electron chi connectivity index (χ4n) is 1.38. The Bertz CT molecular complexity index is 390. The van der Waals surface area contributed by atoms with Gasteiger partial charge in [-0.3, -0.25) is 4.79 Å². The van der Waals surface area contributed by atoms with Gasteiger partial charge in [-0.05, 0) is 31.5 Å². The van der Waals surface area contributed by atoms with Crippen LogP contribution < -0.4 is 5.32 Å². The van der Waals surface area contributed by atoms with Crippen LogP contribution in [-0.4, -0.2) is 34.4 Å². The van der Waals surface area contributed by atoms with E-state index in [9.17, 15) is 4.79 Å². The number of pyridine rings is 1. The standard InChI is InChI=1S/C12H17ClN2O2S/c1-2-6-14-10(12(16)17)5-8-18-11-9(13)4-3-7-15-11/h3-4,7,10,14H,2,5-6,8H2,1H3,(H,16,17). The van der Waals surface area contributed by atoms with Crippen LogP contribution in [0.3, 0.4) is 0 Å². The van der Waals surface area contributed by atoms with Gasteiger partial charge in [-0.25, -0.2) is 4.98 Å². The number of carbonyl (C=O) groups is 1. The zero-order valence-electron chi connectivity index (χ0n) is 10.2. The fraction of sp³-hybridized carbons (Fsp3) is 0.500. The van der Waals surface area contributed by atoms with Crippen molar-refractivity contribution in [3.05, 3.63) is 23.4 Å². The van der Waals surface area contributed by atoms with Crippen LogP contribution in [-0.2, 0) is 4.79 Å². The molecule has 1 heterocycles. The Labute approximate surface area is 116 Å². The van der Waals surface area contributed by atoms with Crippen LogP contribution in [0.5, 0.6) is 0 Å². The summed E-state index contributed by atoms with van der Waals surface area (Å²) in [6.45, 7) is 2.72. The van der Waals surface area contributed by atoms with Crippen molar-refractivity contribution in [1.29, 1.82) is 0 Å². The fourth-order valence-corrected chi connectivity index (χ4v) is 2.56. The lowest BCUT2D eigenvalue weighted by Crippen LogP contribution is -2.37. The van der Waals surface area contributed by atoms with Crippen LogP contribution in [0.4, 0.5) is 0 Å². The van der Waals surface area contributed by atoms with Crippen molar-refractivity contribution in [2.45, 2.75) is 30.8 Å². The molecule has 1 aromatic heterocycles. The van der Waals surface area contributed by atoms with Gasteiger partial charge in [-0.15, -0.1) is 11.8 Å². The summed E-state index contributed by atoms with van der Waals surface area (Å²) in [4.78, 5) is 15.1. The van der Waals surface area contributed by atoms with E-state index in [1.165, 1.54) is 11.8 Å². The Morgan fingerprint density at radius 1 is 1.67 bits per heavy atom. The van der Waals surface area contributed by atoms with E-state index >= 15 is 0 Å². The Morgan fingerprint density at radius 2 is 2.44 bits per heavy atom. The molecule has 0 spiro atoms. The van der Waals surface area contributed by atoms with Gasteiger partial charge < -0.3 is 10.4 Å². The number of carboxylic acids is 1. The second-order valence-electron chi connectivity index (χ2n) is 3.77. The van der Waals surface area contributed by atoms with Crippen LogP contribution >= 0.6 is 23.4 Å². The molecule has 0 aliphatic rings. The van der Waals surface area contributed by atoms with Gasteiger partial charge in [0, 0.05) is 11.9 Å². The highest BCUT2D eigenvalue weighted by Crippen LogP contribution is 2.24. The summed E-state index contributed by atoms with van der Waals surface area (Å²) in [5.74, 6) is -0.138. The molecule has 18 heavy (non-hydrogen) atoms. The lowest BCUT2D eigenvalue weighted by Gasteiger charge is -2.13. The molecule has 1 unspecified atom stereocenters. The maximum absolute atomic E-state index is 11.0. The molecule has 0 aliphatic heterocycles. The van der Waals surface area contributed by atoms with Gasteiger partial charge in [0.2, 0.25) is 0 Å². The summed E-state index contributed by atoms with van der Waals surface area (Å²) in [5, 5.41) is 13.4. The van der Waals surface area contributed by atoms with E-state index in [4.69, 9.17) is 16.7 Å². The molecule has 0 bridgehead atoms. The minimum Gasteiger partial charge on any atom is -0.480 e. The molecule has 4 nitrogen and oxygen atoms in total. The highest BCUT2D eigenvalue weighted by molar-refractivity contribution is 7.99. The van der Waals surface area contributed by atoms with Crippen LogP contribution in [0.2, 0.25) is 5.02 Å². The van der Waals surface area contributed by atoms with Crippen LogP contribution in [0.15, 0.2) is 23.4 Å². The molecule has 2 N–H and O–H groups in total. The SMILES string of the molecule is CCCNC(CCSc1ncccc1Cl)C(=O)O. The van der Waals surface area contributed by atoms with Gasteiger partial charge in [0.05, 0.1) is 5.02 Å². The first-order chi connectivity index (χ1) is 8.65. The molecule has 6 heteroatoms. The van der Waals surface area contributed by atoms with Crippen molar-refractivity contribution < 1.29 is 9.90 Å². The quantitative estimate of drug-likeness (QED) is 0.720. The number of thioether (sulfide) groups is 1. The van der Waals surface area contributed by atoms with Gasteiger partial charge >= 0.3 is 5.97 Å². The molecule has 0 radical (unpaired) electrons. The number of rotatable bonds is 8. The number of nitrogens with one attached hydrogen (secondary N) is 1. The number of aromatic nitrogens is 1. The first kappa shape index (κ1) is 15.3. The van der Waals surface area contributed by atoms with Gasteiger partial charge in [-0.1, -0.05) is 18.5 Å². The number of nitrogens with zero attached hydrogens (tertiary/aromatic N) is 1. The van der Waals surface area contributed by atoms with Crippen molar-refractivity contribution >= 4 is 29.3 Å². The smallest absolute Gasteiger partial charge is 0.320 e. The lowest BCUT2D eigenvalue weighted by molar-refractivity contribution is -0.139. The lowest BCUT2D eigenvalue weighted by atomic mass is 10.2. The summed E-state index contributed by atoms with van der Waals surface area (Å²) in [6, 6.07) is 3.05. The van der Waals surface area contributed by atoms with Gasteiger partial charge in [0.15, 0.2) is 0 Å². The van der Waals surface area contributed by atoms with Crippen LogP contribution in [0, 0.1) is 0 Å². The second kappa shape index (κ2) is 8.34. The Kier molecular flexibility index (Phi) is 7.08. The number of hydrogen-bond donors (Lipinski definition) is 2. The van der Waals surface area contributed by atoms with Gasteiger partial charge in [-0.2, -0.15) is 0 Å². The van der Waals surface area contributed by atoms with Crippen LogP contribution in [0.1, 0.15) is 19.8 Å². The van der Waals surface area contributed by atoms with E-state index in [1.54, 1.807) is 18.3 Å². The maximum Gasteiger partial charge on any atom is 0.320 e. The zero-order chi connectivity index (χ0) is 13.4. The van der Waals surface area contributed by atoms with Crippen molar-refractivity contribution in [2.75, 3.05) is 12.3 Å². The Morgan fingerprint density at radius 3 is 3.06 bits per heavy atom. The topological polar surface area (TPSA) is 62.2 Å². The number of aliphatic carboxylic acids is 1. The van der Waals surface area contributed by atoms with E-state index in [0.717, 1.165) is 11.4 Å². The van der Waals surface area contributed by atoms with E-state index in [1.807, 2.05) is 6.92 Å². The highest BCUT2D eigenvalue weighted by Gasteiger charge is 2.16. The number of hydrogen-bond acceptors (Lipinski definition) is 4. The van der Waals surface area contributed by atoms with Crippen molar-refractivity contribution in [2.24, 2.45) is 0 Å². The molecule has 1 aromatic rings. The summed E-state index contributed by atoms with van der Waals surface area (Å²) >= 11 is 7.45. The first-order valence-electron chi connectivity index (χ1n) is 5.84. The van der Waals surface area contributed by atoms with E-state index in [2.05, 4.69) is 10.3 Å². The number of carboxylic acid groups (broad SMARTS) is 1. The molecule has 0 aromatic carbocycles. The van der Waals surface area contributed by atoms with Crippen molar-refractivity contribution in [3.8, 4) is 0 Å². The molecular weight excluding hydrogens is 272 g/mol. The van der Waals surface area contributed by atoms with Gasteiger partial charge in [0.25, 0.3) is 0 Å². The Balaban J connectivity index is 2.39. The predicted molar refractivity (Wildman–Crippen MR) is 74.3 cm³/mol. The molecule has 0 saturated carbocycles. The highest BCUT2D eigenvalue weighted by atomic mass is 35.5. The zero-order valence-corrected chi connectivity index (χ0v) is 11.8. The van der Waals surface area contributed by atoms with Crippen molar-refractivity contribution in [3.63, 3.8) is 0 Å². The van der Waals surface area contributed by atoms with E-state index < -0.39 is 12.0 Å². The first-order valence-corrected chi connectivity index (χ1v) is 7.21. The molecular formula is C12H17ClN2O2S. The van der Waals surface area contributed by atoms with E-state index in [0.29, 0.717) is 23.7 Å². The average Bonchev–Trinajstić information content (AvgIpc) is 2.35. The maximum atomic E-state index is 11.0. The molecule has 100 valence electrons. The van der Waals surface area contributed by atoms with Gasteiger partial charge in [0.1, 0.15) is 11.1 Å². The molecule has 0 amide bonds. The predicted octanol–water partition coefficient (Wildman–Crippen LogP) is 2.67. The van der Waals surface area contributed by atoms with Crippen molar-refractivity contribution in [1.82, 2.24) is 10.3 Å². The largest absolute Gasteiger partial charge is 0.480 e. The van der Waals surface area contributed by atoms with E-state index in [-0.39, 0.29) is 0 Å². The summed E-state index contributed by atoms with van der Waals surface area (Å²) in [5.41, 5.74) is 0. The third-order valence-electron chi connectivity index (χ3n) is 2.31. The minimum absolute atomic E-state index is 0.500. The monoisotopic (exact) mass is 288 g/mol. The summed E-state index contributed by atoms with van der Waals surface area (Å²) in [6.07, 6.45) is 3.15. The molecule has 0 aliphatic carbocycles. The molecule has 1 rings (SSSR count). The summed E-state index contributed by atoms with van der Waals surface area (Å²) < 4.78 is 0. The summed E-state index contributed by atoms with van der Waals surface area (Å²) in [7, 11) is 0. The minimum atomic E-state index is -0.809. The molecule has 0 fully saturated rings. The molecule has 1 atom stereocenters. The average molecular weight is 289 g/mol. The third-order valence-corrected chi connectivity index (χ3v) is 3.76. The van der Waals surface area contributed by atoms with Crippen LogP contribution in [0.25, 0.3) is 0 Å². The Hall–Kier alpha value is -0.780. The third kappa shape index (κ3) is 5.25. The second-order valence-corrected chi connectivity index (χ2v) is 5.26. The molecule has 0 saturated heterocycles. The normalized spacial score (nSPS) is 12.3. The number of halogens is 1.